The minimum absolute atomic E-state index is 0.0860. The second-order valence-electron chi connectivity index (χ2n) is 5.32. The van der Waals surface area contributed by atoms with Crippen molar-refractivity contribution in [2.45, 2.75) is 25.5 Å². The molecule has 1 aromatic carbocycles. The summed E-state index contributed by atoms with van der Waals surface area (Å²) >= 11 is 5.90. The van der Waals surface area contributed by atoms with E-state index in [1.165, 1.54) is 10.9 Å². The maximum Gasteiger partial charge on any atom is 0.347 e. The Labute approximate surface area is 139 Å². The lowest BCUT2D eigenvalue weighted by atomic mass is 10.1. The minimum Gasteiger partial charge on any atom is -0.275 e. The molecule has 23 heavy (non-hydrogen) atoms. The smallest absolute Gasteiger partial charge is 0.275 e. The van der Waals surface area contributed by atoms with Gasteiger partial charge in [0.25, 0.3) is 0 Å². The molecule has 2 rings (SSSR count). The lowest BCUT2D eigenvalue weighted by Crippen LogP contribution is -2.86. The lowest BCUT2D eigenvalue weighted by Gasteiger charge is -2.05. The summed E-state index contributed by atoms with van der Waals surface area (Å²) in [6.45, 7) is 4.48. The van der Waals surface area contributed by atoms with E-state index < -0.39 is 15.0 Å². The maximum absolute atomic E-state index is 12.2. The lowest BCUT2D eigenvalue weighted by molar-refractivity contribution is -0.571. The average molecular weight is 355 g/mol. The molecule has 6 nitrogen and oxygen atoms in total. The van der Waals surface area contributed by atoms with E-state index in [9.17, 15) is 13.2 Å². The van der Waals surface area contributed by atoms with Crippen LogP contribution >= 0.6 is 11.6 Å². The number of sulfone groups is 1. The van der Waals surface area contributed by atoms with E-state index in [1.54, 1.807) is 0 Å². The molecule has 0 unspecified atom stereocenters. The SMILES string of the molecule is Cc1ccc(C[NH2+]C(=O)c2cnc(S(C)(=O)=O)nc2Cl)cc1C. The standard InChI is InChI=1S/C15H16ClN3O3S/c1-9-4-5-11(6-10(9)2)7-17-14(20)12-8-18-15(19-13(12)16)23(3,21)22/h4-6,8H,7H2,1-3H3,(H,17,20)/p+1. The number of aromatic nitrogens is 2. The molecule has 0 saturated carbocycles. The highest BCUT2D eigenvalue weighted by Crippen LogP contribution is 2.13. The molecule has 8 heteroatoms. The number of hydrogen-bond donors (Lipinski definition) is 1. The normalized spacial score (nSPS) is 11.5. The zero-order valence-electron chi connectivity index (χ0n) is 13.0. The van der Waals surface area contributed by atoms with Crippen molar-refractivity contribution in [2.75, 3.05) is 6.26 Å². The Balaban J connectivity index is 2.13. The van der Waals surface area contributed by atoms with Crippen molar-refractivity contribution in [2.24, 2.45) is 0 Å². The summed E-state index contributed by atoms with van der Waals surface area (Å²) in [5.74, 6) is -0.340. The van der Waals surface area contributed by atoms with Gasteiger partial charge in [0.15, 0.2) is 5.15 Å². The van der Waals surface area contributed by atoms with Gasteiger partial charge < -0.3 is 0 Å². The summed E-state index contributed by atoms with van der Waals surface area (Å²) in [7, 11) is -3.56. The van der Waals surface area contributed by atoms with Gasteiger partial charge in [-0.15, -0.1) is 0 Å². The Bertz CT molecular complexity index is 866. The molecule has 0 aliphatic heterocycles. The number of carbonyl (C=O) groups is 1. The van der Waals surface area contributed by atoms with Gasteiger partial charge in [-0.3, -0.25) is 5.32 Å². The van der Waals surface area contributed by atoms with Crippen LogP contribution in [0.5, 0.6) is 0 Å². The predicted molar refractivity (Wildman–Crippen MR) is 86.0 cm³/mol. The first-order valence-corrected chi connectivity index (χ1v) is 9.11. The summed E-state index contributed by atoms with van der Waals surface area (Å²) in [6, 6.07) is 5.97. The molecule has 1 aromatic heterocycles. The Morgan fingerprint density at radius 1 is 1.26 bits per heavy atom. The molecular weight excluding hydrogens is 338 g/mol. The van der Waals surface area contributed by atoms with Gasteiger partial charge in [0.2, 0.25) is 15.0 Å². The molecule has 0 aliphatic rings. The first kappa shape index (κ1) is 17.5. The third-order valence-electron chi connectivity index (χ3n) is 3.41. The number of aryl methyl sites for hydroxylation is 2. The van der Waals surface area contributed by atoms with Gasteiger partial charge in [-0.2, -0.15) is 0 Å². The van der Waals surface area contributed by atoms with Crippen molar-refractivity contribution in [1.29, 1.82) is 0 Å². The number of rotatable bonds is 4. The van der Waals surface area contributed by atoms with Gasteiger partial charge in [-0.05, 0) is 25.0 Å². The van der Waals surface area contributed by atoms with Crippen LogP contribution in [0.1, 0.15) is 27.0 Å². The van der Waals surface area contributed by atoms with E-state index >= 15 is 0 Å². The van der Waals surface area contributed by atoms with Gasteiger partial charge in [0, 0.05) is 11.8 Å². The number of nitrogens with two attached hydrogens (primary N) is 1. The van der Waals surface area contributed by atoms with Gasteiger partial charge in [-0.25, -0.2) is 23.2 Å². The van der Waals surface area contributed by atoms with Crippen LogP contribution in [0, 0.1) is 13.8 Å². The monoisotopic (exact) mass is 354 g/mol. The highest BCUT2D eigenvalue weighted by molar-refractivity contribution is 7.90. The van der Waals surface area contributed by atoms with E-state index in [-0.39, 0.29) is 16.6 Å². The summed E-state index contributed by atoms with van der Waals surface area (Å²) < 4.78 is 22.7. The van der Waals surface area contributed by atoms with E-state index in [0.29, 0.717) is 6.54 Å². The fourth-order valence-corrected chi connectivity index (χ4v) is 2.71. The Kier molecular flexibility index (Phi) is 5.13. The number of benzene rings is 1. The number of primary amides is 1. The molecule has 0 spiro atoms. The largest absolute Gasteiger partial charge is 0.347 e. The summed E-state index contributed by atoms with van der Waals surface area (Å²) in [5.41, 5.74) is 3.43. The van der Waals surface area contributed by atoms with Crippen LogP contribution in [-0.2, 0) is 16.4 Å². The molecule has 0 aliphatic carbocycles. The molecule has 0 atom stereocenters. The fourth-order valence-electron chi connectivity index (χ4n) is 1.94. The van der Waals surface area contributed by atoms with Crippen molar-refractivity contribution in [3.05, 3.63) is 51.8 Å². The van der Waals surface area contributed by atoms with Gasteiger partial charge in [0.05, 0.1) is 6.20 Å². The molecule has 0 fully saturated rings. The van der Waals surface area contributed by atoms with Crippen molar-refractivity contribution in [3.63, 3.8) is 0 Å². The zero-order chi connectivity index (χ0) is 17.2. The number of nitrogens with zero attached hydrogens (tertiary/aromatic N) is 2. The maximum atomic E-state index is 12.2. The predicted octanol–water partition coefficient (Wildman–Crippen LogP) is 1.05. The molecule has 0 saturated heterocycles. The van der Waals surface area contributed by atoms with Crippen LogP contribution in [0.4, 0.5) is 0 Å². The van der Waals surface area contributed by atoms with Gasteiger partial charge in [-0.1, -0.05) is 29.8 Å². The Hall–Kier alpha value is -1.83. The Morgan fingerprint density at radius 2 is 1.96 bits per heavy atom. The third-order valence-corrected chi connectivity index (χ3v) is 4.56. The average Bonchev–Trinajstić information content (AvgIpc) is 2.47. The zero-order valence-corrected chi connectivity index (χ0v) is 14.6. The van der Waals surface area contributed by atoms with Crippen LogP contribution in [0.3, 0.4) is 0 Å². The number of amides is 1. The fraction of sp³-hybridized carbons (Fsp3) is 0.267. The quantitative estimate of drug-likeness (QED) is 0.654. The molecule has 2 aromatic rings. The second kappa shape index (κ2) is 6.74. The molecule has 1 heterocycles. The Morgan fingerprint density at radius 3 is 2.52 bits per heavy atom. The number of hydrogen-bond acceptors (Lipinski definition) is 5. The van der Waals surface area contributed by atoms with Crippen molar-refractivity contribution < 1.29 is 18.5 Å². The topological polar surface area (TPSA) is 93.6 Å². The van der Waals surface area contributed by atoms with Crippen molar-refractivity contribution >= 4 is 27.3 Å². The van der Waals surface area contributed by atoms with Crippen LogP contribution in [0.25, 0.3) is 0 Å². The van der Waals surface area contributed by atoms with Crippen LogP contribution in [0.15, 0.2) is 29.6 Å². The first-order chi connectivity index (χ1) is 10.7. The molecule has 122 valence electrons. The highest BCUT2D eigenvalue weighted by atomic mass is 35.5. The number of halogens is 1. The van der Waals surface area contributed by atoms with Crippen LogP contribution in [0.2, 0.25) is 5.15 Å². The van der Waals surface area contributed by atoms with Crippen molar-refractivity contribution in [1.82, 2.24) is 9.97 Å². The molecule has 0 radical (unpaired) electrons. The molecule has 2 N–H and O–H groups in total. The van der Waals surface area contributed by atoms with E-state index in [2.05, 4.69) is 9.97 Å². The van der Waals surface area contributed by atoms with Crippen molar-refractivity contribution in [3.8, 4) is 0 Å². The number of carbonyl (C=O) groups excluding carboxylic acids is 1. The second-order valence-corrected chi connectivity index (χ2v) is 7.59. The molecule has 0 bridgehead atoms. The summed E-state index contributed by atoms with van der Waals surface area (Å²) in [4.78, 5) is 19.5. The summed E-state index contributed by atoms with van der Waals surface area (Å²) in [6.07, 6.45) is 2.12. The van der Waals surface area contributed by atoms with Gasteiger partial charge >= 0.3 is 5.91 Å². The number of quaternary nitrogens is 1. The van der Waals surface area contributed by atoms with Crippen LogP contribution in [-0.4, -0.2) is 30.5 Å². The summed E-state index contributed by atoms with van der Waals surface area (Å²) in [5, 5.41) is 0.921. The van der Waals surface area contributed by atoms with E-state index in [4.69, 9.17) is 11.6 Å². The minimum atomic E-state index is -3.56. The third kappa shape index (κ3) is 4.34. The van der Waals surface area contributed by atoms with E-state index in [0.717, 1.165) is 23.6 Å². The molecular formula is C15H17ClN3O3S+. The van der Waals surface area contributed by atoms with Gasteiger partial charge in [0.1, 0.15) is 12.1 Å². The van der Waals surface area contributed by atoms with E-state index in [1.807, 2.05) is 32.0 Å². The first-order valence-electron chi connectivity index (χ1n) is 6.85. The molecule has 1 amide bonds. The highest BCUT2D eigenvalue weighted by Gasteiger charge is 2.20. The van der Waals surface area contributed by atoms with Crippen LogP contribution < -0.4 is 5.32 Å².